The molecule has 1 aromatic heterocycles. The topological polar surface area (TPSA) is 93.2 Å². The number of hydrogen-bond acceptors (Lipinski definition) is 8. The second kappa shape index (κ2) is 25.2. The molecule has 400 valence electrons. The van der Waals surface area contributed by atoms with E-state index in [0.29, 0.717) is 32.3 Å². The van der Waals surface area contributed by atoms with E-state index < -0.39 is 25.0 Å². The van der Waals surface area contributed by atoms with Gasteiger partial charge in [0.1, 0.15) is 24.7 Å². The van der Waals surface area contributed by atoms with Crippen molar-refractivity contribution in [2.24, 2.45) is 11.8 Å². The zero-order chi connectivity index (χ0) is 54.0. The van der Waals surface area contributed by atoms with Gasteiger partial charge in [0.05, 0.1) is 18.3 Å². The molecule has 73 heavy (non-hydrogen) atoms. The molecule has 4 aromatic rings. The van der Waals surface area contributed by atoms with Crippen molar-refractivity contribution in [2.75, 3.05) is 6.61 Å². The first-order valence-corrected chi connectivity index (χ1v) is 35.9. The molecule has 1 fully saturated rings. The first kappa shape index (κ1) is 59.9. The molecule has 6 atom stereocenters. The van der Waals surface area contributed by atoms with Gasteiger partial charge in [-0.25, -0.2) is 0 Å². The number of Topliss-reactive ketones (excluding diaryl/α,β-unsaturated/α-hetero) is 1. The summed E-state index contributed by atoms with van der Waals surface area (Å²) >= 11 is 0. The molecule has 8 nitrogen and oxygen atoms in total. The average Bonchev–Trinajstić information content (AvgIpc) is 3.60. The summed E-state index contributed by atoms with van der Waals surface area (Å²) in [4.78, 5) is 30.7. The molecular weight excluding hydrogens is 955 g/mol. The van der Waals surface area contributed by atoms with Gasteiger partial charge >= 0.3 is 5.97 Å². The van der Waals surface area contributed by atoms with E-state index in [-0.39, 0.29) is 69.5 Å². The van der Waals surface area contributed by atoms with Crippen molar-refractivity contribution in [3.05, 3.63) is 132 Å². The zero-order valence-corrected chi connectivity index (χ0v) is 51.0. The highest BCUT2D eigenvalue weighted by Crippen LogP contribution is 2.48. The molecule has 0 spiro atoms. The minimum atomic E-state index is -2.18. The van der Waals surface area contributed by atoms with E-state index in [1.54, 1.807) is 6.20 Å². The van der Waals surface area contributed by atoms with Gasteiger partial charge in [-0.1, -0.05) is 148 Å². The van der Waals surface area contributed by atoms with Gasteiger partial charge in [-0.05, 0) is 145 Å². The van der Waals surface area contributed by atoms with Crippen molar-refractivity contribution in [3.63, 3.8) is 0 Å². The number of hydrogen-bond donors (Lipinski definition) is 0. The molecule has 11 heteroatoms. The Morgan fingerprint density at radius 1 is 0.753 bits per heavy atom. The van der Waals surface area contributed by atoms with Gasteiger partial charge in [-0.3, -0.25) is 14.6 Å². The van der Waals surface area contributed by atoms with E-state index in [1.807, 2.05) is 60.8 Å². The second-order valence-corrected chi connectivity index (χ2v) is 39.7. The molecule has 1 saturated carbocycles. The van der Waals surface area contributed by atoms with E-state index in [1.165, 1.54) is 0 Å². The van der Waals surface area contributed by atoms with E-state index in [2.05, 4.69) is 163 Å². The van der Waals surface area contributed by atoms with Crippen LogP contribution in [0.3, 0.4) is 0 Å². The predicted octanol–water partition coefficient (Wildman–Crippen LogP) is 16.5. The monoisotopic (exact) mass is 1050 g/mol. The Kier molecular flexibility index (Phi) is 20.7. The molecule has 0 radical (unpaired) electrons. The molecule has 1 aliphatic rings. The van der Waals surface area contributed by atoms with Crippen LogP contribution in [0, 0.1) is 18.8 Å². The first-order chi connectivity index (χ1) is 34.0. The summed E-state index contributed by atoms with van der Waals surface area (Å²) in [6.45, 7) is 39.7. The summed E-state index contributed by atoms with van der Waals surface area (Å²) < 4.78 is 34.2. The fraction of sp³-hybridized carbons (Fsp3) is 0.565. The standard InChI is InChI=1S/C62H93NO7Si3/c1-18-53(56(64)40-47-30-33-50-42-63-37-36-49(50)39-47)48-31-28-46(29-32-48)43-67-59(65)27-22-20-19-21-26-54-55(58(70-73(16,17)62(9,10)11)41-57(54)69-72(14,15)61(6,7)8)35-34-52(68-71(12,13)60(3,4)5)44-66-51-25-23-24-45(2)38-51/h19,21,23-25,28-39,42,52-55,57-58H,18,20,22,26-27,40-41,43-44H2,1-17H3/b21-19-,35-34+/t52-,53?,54-,55-,57+,58-/m1/s1. The highest BCUT2D eigenvalue weighted by Gasteiger charge is 2.50. The normalized spacial score (nSPS) is 19.2. The number of rotatable bonds is 24. The van der Waals surface area contributed by atoms with Crippen molar-refractivity contribution in [3.8, 4) is 5.75 Å². The number of allylic oxidation sites excluding steroid dienone is 2. The predicted molar refractivity (Wildman–Crippen MR) is 311 cm³/mol. The van der Waals surface area contributed by atoms with Crippen LogP contribution < -0.4 is 4.74 Å². The molecular formula is C62H93NO7Si3. The van der Waals surface area contributed by atoms with E-state index in [4.69, 9.17) is 22.8 Å². The molecule has 0 aliphatic heterocycles. The summed E-state index contributed by atoms with van der Waals surface area (Å²) in [5, 5.41) is 2.29. The molecule has 0 N–H and O–H groups in total. The Morgan fingerprint density at radius 3 is 2.03 bits per heavy atom. The molecule has 0 amide bonds. The maximum absolute atomic E-state index is 13.5. The zero-order valence-electron chi connectivity index (χ0n) is 48.0. The van der Waals surface area contributed by atoms with Crippen LogP contribution in [0.5, 0.6) is 5.75 Å². The van der Waals surface area contributed by atoms with E-state index >= 15 is 0 Å². The SMILES string of the molecule is CCC(C(=O)Cc1ccc2cnccc2c1)c1ccc(COC(=O)CCC/C=C\C[C@@H]2[C@@H](/C=C/[C@H](COc3cccc(C)c3)O[Si](C)(C)C(C)(C)C)[C@H](O[Si](C)(C)C(C)(C)C)C[C@@H]2O[Si](C)(C)C(C)(C)C)cc1. The average molecular weight is 1050 g/mol. The fourth-order valence-corrected chi connectivity index (χ4v) is 12.9. The van der Waals surface area contributed by atoms with Crippen LogP contribution in [0.4, 0.5) is 0 Å². The molecule has 1 unspecified atom stereocenters. The molecule has 1 heterocycles. The van der Waals surface area contributed by atoms with Gasteiger partial charge in [-0.2, -0.15) is 0 Å². The van der Waals surface area contributed by atoms with Crippen molar-refractivity contribution < 1.29 is 32.3 Å². The number of carbonyl (C=O) groups is 2. The molecule has 0 saturated heterocycles. The Balaban J connectivity index is 1.26. The lowest BCUT2D eigenvalue weighted by molar-refractivity contribution is -0.145. The fourth-order valence-electron chi connectivity index (χ4n) is 8.89. The van der Waals surface area contributed by atoms with Crippen molar-refractivity contribution in [1.29, 1.82) is 0 Å². The Hall–Kier alpha value is -3.98. The molecule has 0 bridgehead atoms. The third-order valence-corrected chi connectivity index (χ3v) is 30.1. The van der Waals surface area contributed by atoms with Crippen LogP contribution in [0.2, 0.25) is 54.4 Å². The Bertz CT molecular complexity index is 2480. The van der Waals surface area contributed by atoms with Crippen LogP contribution in [0.25, 0.3) is 10.8 Å². The molecule has 3 aromatic carbocycles. The molecule has 5 rings (SSSR count). The highest BCUT2D eigenvalue weighted by molar-refractivity contribution is 6.75. The number of ether oxygens (including phenoxy) is 2. The summed E-state index contributed by atoms with van der Waals surface area (Å²) in [6.07, 6.45) is 17.2. The summed E-state index contributed by atoms with van der Waals surface area (Å²) in [7, 11) is -6.51. The summed E-state index contributed by atoms with van der Waals surface area (Å²) in [5.41, 5.74) is 4.06. The first-order valence-electron chi connectivity index (χ1n) is 27.2. The summed E-state index contributed by atoms with van der Waals surface area (Å²) in [5.74, 6) is 0.927. The largest absolute Gasteiger partial charge is 0.491 e. The van der Waals surface area contributed by atoms with Gasteiger partial charge in [-0.15, -0.1) is 0 Å². The maximum atomic E-state index is 13.5. The minimum absolute atomic E-state index is 0.00242. The van der Waals surface area contributed by atoms with Crippen LogP contribution in [-0.2, 0) is 40.6 Å². The quantitative estimate of drug-likeness (QED) is 0.0297. The van der Waals surface area contributed by atoms with Crippen LogP contribution in [0.1, 0.15) is 136 Å². The third kappa shape index (κ3) is 17.0. The highest BCUT2D eigenvalue weighted by atomic mass is 28.4. The Morgan fingerprint density at radius 2 is 1.40 bits per heavy atom. The Labute approximate surface area is 444 Å². The second-order valence-electron chi connectivity index (χ2n) is 25.4. The number of esters is 1. The lowest BCUT2D eigenvalue weighted by Gasteiger charge is -2.40. The third-order valence-electron chi connectivity index (χ3n) is 16.6. The lowest BCUT2D eigenvalue weighted by atomic mass is 9.88. The minimum Gasteiger partial charge on any atom is -0.491 e. The number of carbonyl (C=O) groups excluding carboxylic acids is 2. The van der Waals surface area contributed by atoms with Gasteiger partial charge in [0.2, 0.25) is 0 Å². The van der Waals surface area contributed by atoms with Gasteiger partial charge in [0.25, 0.3) is 0 Å². The van der Waals surface area contributed by atoms with Crippen molar-refractivity contribution in [1.82, 2.24) is 4.98 Å². The lowest BCUT2D eigenvalue weighted by Crippen LogP contribution is -2.45. The summed E-state index contributed by atoms with van der Waals surface area (Å²) in [6, 6.07) is 24.3. The van der Waals surface area contributed by atoms with Gasteiger partial charge < -0.3 is 22.8 Å². The van der Waals surface area contributed by atoms with Crippen molar-refractivity contribution in [2.45, 2.75) is 206 Å². The number of fused-ring (bicyclic) bond motifs is 1. The van der Waals surface area contributed by atoms with Crippen LogP contribution in [0.15, 0.2) is 109 Å². The number of aryl methyl sites for hydroxylation is 1. The number of pyridine rings is 1. The smallest absolute Gasteiger partial charge is 0.306 e. The van der Waals surface area contributed by atoms with Crippen LogP contribution in [-0.4, -0.2) is 66.6 Å². The number of benzene rings is 3. The number of nitrogens with zero attached hydrogens (tertiary/aromatic N) is 1. The molecule has 1 aliphatic carbocycles. The van der Waals surface area contributed by atoms with Gasteiger partial charge in [0, 0.05) is 42.5 Å². The number of aromatic nitrogens is 1. The number of ketones is 1. The van der Waals surface area contributed by atoms with E-state index in [0.717, 1.165) is 58.0 Å². The van der Waals surface area contributed by atoms with Gasteiger partial charge in [0.15, 0.2) is 25.0 Å². The van der Waals surface area contributed by atoms with E-state index in [9.17, 15) is 9.59 Å². The van der Waals surface area contributed by atoms with Crippen LogP contribution >= 0.6 is 0 Å². The number of unbranched alkanes of at least 4 members (excludes halogenated alkanes) is 1. The maximum Gasteiger partial charge on any atom is 0.306 e. The van der Waals surface area contributed by atoms with Crippen molar-refractivity contribution >= 4 is 47.5 Å².